The molecule has 6 nitrogen and oxygen atoms in total. The number of thioether (sulfide) groups is 1. The van der Waals surface area contributed by atoms with Gasteiger partial charge in [-0.15, -0.1) is 10.2 Å². The van der Waals surface area contributed by atoms with Crippen LogP contribution in [0.25, 0.3) is 17.0 Å². The first-order valence-electron chi connectivity index (χ1n) is 12.0. The van der Waals surface area contributed by atoms with E-state index in [9.17, 15) is 4.79 Å². The molecule has 1 fully saturated rings. The van der Waals surface area contributed by atoms with Gasteiger partial charge in [0.2, 0.25) is 0 Å². The van der Waals surface area contributed by atoms with Crippen LogP contribution in [-0.2, 0) is 11.2 Å². The average Bonchev–Trinajstić information content (AvgIpc) is 3.48. The quantitative estimate of drug-likeness (QED) is 0.334. The van der Waals surface area contributed by atoms with E-state index in [0.717, 1.165) is 40.6 Å². The molecule has 0 unspecified atom stereocenters. The molecule has 3 heterocycles. The minimum atomic E-state index is -0.0545. The summed E-state index contributed by atoms with van der Waals surface area (Å²) in [4.78, 5) is 17.4. The molecule has 0 amide bonds. The number of hydrogen-bond donors (Lipinski definition) is 0. The normalized spacial score (nSPS) is 14.8. The molecule has 3 aromatic heterocycles. The van der Waals surface area contributed by atoms with Crippen LogP contribution < -0.4 is 5.56 Å². The molecule has 1 aromatic carbocycles. The van der Waals surface area contributed by atoms with Crippen LogP contribution in [0.3, 0.4) is 0 Å². The van der Waals surface area contributed by atoms with E-state index >= 15 is 0 Å². The van der Waals surface area contributed by atoms with E-state index in [2.05, 4.69) is 59.8 Å². The largest absolute Gasteiger partial charge is 0.299 e. The Balaban J connectivity index is 1.47. The van der Waals surface area contributed by atoms with Crippen LogP contribution in [0.4, 0.5) is 0 Å². The van der Waals surface area contributed by atoms with Gasteiger partial charge in [-0.2, -0.15) is 0 Å². The summed E-state index contributed by atoms with van der Waals surface area (Å²) < 4.78 is 3.92. The van der Waals surface area contributed by atoms with Gasteiger partial charge in [-0.3, -0.25) is 13.8 Å². The van der Waals surface area contributed by atoms with Crippen LogP contribution in [0.1, 0.15) is 69.3 Å². The lowest BCUT2D eigenvalue weighted by Crippen LogP contribution is -2.16. The first-order chi connectivity index (χ1) is 16.3. The molecular weight excluding hydrogens is 442 g/mol. The standard InChI is InChI=1S/C27H31N5OS/c1-18-8-7-15-31-23(33)16-21(28-24(18)31)17-34-26-30-29-25(32(26)22-9-5-6-10-22)19-11-13-20(14-12-19)27(2,3)4/h7-8,11-16,22H,5-6,9-10,17H2,1-4H3. The zero-order valence-electron chi connectivity index (χ0n) is 20.3. The van der Waals surface area contributed by atoms with E-state index in [1.54, 1.807) is 28.4 Å². The minimum Gasteiger partial charge on any atom is -0.299 e. The highest BCUT2D eigenvalue weighted by Crippen LogP contribution is 2.37. The Labute approximate surface area is 204 Å². The Morgan fingerprint density at radius 1 is 1.06 bits per heavy atom. The summed E-state index contributed by atoms with van der Waals surface area (Å²) in [7, 11) is 0. The molecular formula is C27H31N5OS. The van der Waals surface area contributed by atoms with Crippen LogP contribution in [0, 0.1) is 6.92 Å². The summed E-state index contributed by atoms with van der Waals surface area (Å²) in [6, 6.07) is 14.6. The third-order valence-corrected chi connectivity index (χ3v) is 7.63. The maximum Gasteiger partial charge on any atom is 0.258 e. The number of rotatable bonds is 5. The number of pyridine rings is 1. The zero-order valence-corrected chi connectivity index (χ0v) is 21.1. The molecule has 0 bridgehead atoms. The number of nitrogens with zero attached hydrogens (tertiary/aromatic N) is 5. The second kappa shape index (κ2) is 9.02. The van der Waals surface area contributed by atoms with Crippen LogP contribution >= 0.6 is 11.8 Å². The van der Waals surface area contributed by atoms with Crippen molar-refractivity contribution in [2.75, 3.05) is 0 Å². The monoisotopic (exact) mass is 473 g/mol. The number of fused-ring (bicyclic) bond motifs is 1. The van der Waals surface area contributed by atoms with Crippen LogP contribution in [-0.4, -0.2) is 24.1 Å². The highest BCUT2D eigenvalue weighted by Gasteiger charge is 2.25. The number of aromatic nitrogens is 5. The van der Waals surface area contributed by atoms with Crippen molar-refractivity contribution in [2.45, 2.75) is 75.7 Å². The molecule has 5 rings (SSSR count). The molecule has 0 aliphatic heterocycles. The van der Waals surface area contributed by atoms with E-state index in [-0.39, 0.29) is 11.0 Å². The van der Waals surface area contributed by atoms with Gasteiger partial charge < -0.3 is 0 Å². The Morgan fingerprint density at radius 2 is 1.79 bits per heavy atom. The summed E-state index contributed by atoms with van der Waals surface area (Å²) in [5.41, 5.74) is 4.92. The van der Waals surface area contributed by atoms with Crippen molar-refractivity contribution in [3.05, 3.63) is 75.8 Å². The lowest BCUT2D eigenvalue weighted by Gasteiger charge is -2.20. The summed E-state index contributed by atoms with van der Waals surface area (Å²) in [5, 5.41) is 10.1. The molecule has 1 aliphatic carbocycles. The third-order valence-electron chi connectivity index (χ3n) is 6.65. The van der Waals surface area contributed by atoms with E-state index in [0.29, 0.717) is 17.4 Å². The second-order valence-electron chi connectivity index (χ2n) is 10.2. The van der Waals surface area contributed by atoms with Crippen LogP contribution in [0.5, 0.6) is 0 Å². The summed E-state index contributed by atoms with van der Waals surface area (Å²) >= 11 is 1.61. The summed E-state index contributed by atoms with van der Waals surface area (Å²) in [5.74, 6) is 1.51. The van der Waals surface area contributed by atoms with Crippen molar-refractivity contribution >= 4 is 17.4 Å². The minimum absolute atomic E-state index is 0.0545. The smallest absolute Gasteiger partial charge is 0.258 e. The molecule has 7 heteroatoms. The summed E-state index contributed by atoms with van der Waals surface area (Å²) in [6.07, 6.45) is 6.53. The van der Waals surface area contributed by atoms with Crippen molar-refractivity contribution < 1.29 is 0 Å². The van der Waals surface area contributed by atoms with Gasteiger partial charge in [0.25, 0.3) is 5.56 Å². The first-order valence-corrected chi connectivity index (χ1v) is 13.0. The van der Waals surface area contributed by atoms with Gasteiger partial charge >= 0.3 is 0 Å². The van der Waals surface area contributed by atoms with Crippen LogP contribution in [0.15, 0.2) is 58.6 Å². The predicted octanol–water partition coefficient (Wildman–Crippen LogP) is 5.97. The van der Waals surface area contributed by atoms with Gasteiger partial charge in [0, 0.05) is 29.6 Å². The Bertz CT molecular complexity index is 1380. The van der Waals surface area contributed by atoms with Crippen molar-refractivity contribution in [3.63, 3.8) is 0 Å². The van der Waals surface area contributed by atoms with Crippen molar-refractivity contribution in [2.24, 2.45) is 0 Å². The van der Waals surface area contributed by atoms with E-state index in [1.807, 2.05) is 19.1 Å². The highest BCUT2D eigenvalue weighted by molar-refractivity contribution is 7.98. The molecule has 176 valence electrons. The fourth-order valence-electron chi connectivity index (χ4n) is 4.70. The fraction of sp³-hybridized carbons (Fsp3) is 0.407. The van der Waals surface area contributed by atoms with Crippen LogP contribution in [0.2, 0.25) is 0 Å². The zero-order chi connectivity index (χ0) is 23.9. The topological polar surface area (TPSA) is 65.1 Å². The molecule has 0 spiro atoms. The van der Waals surface area contributed by atoms with Gasteiger partial charge in [-0.1, -0.05) is 75.7 Å². The van der Waals surface area contributed by atoms with Gasteiger partial charge in [-0.05, 0) is 42.4 Å². The predicted molar refractivity (Wildman–Crippen MR) is 137 cm³/mol. The Morgan fingerprint density at radius 3 is 2.50 bits per heavy atom. The number of aryl methyl sites for hydroxylation is 1. The molecule has 34 heavy (non-hydrogen) atoms. The molecule has 0 radical (unpaired) electrons. The highest BCUT2D eigenvalue weighted by atomic mass is 32.2. The van der Waals surface area contributed by atoms with Crippen molar-refractivity contribution in [1.82, 2.24) is 24.1 Å². The van der Waals surface area contributed by atoms with Crippen molar-refractivity contribution in [1.29, 1.82) is 0 Å². The second-order valence-corrected chi connectivity index (χ2v) is 11.1. The Kier molecular flexibility index (Phi) is 6.06. The maximum absolute atomic E-state index is 12.6. The van der Waals surface area contributed by atoms with E-state index in [1.165, 1.54) is 18.4 Å². The maximum atomic E-state index is 12.6. The van der Waals surface area contributed by atoms with E-state index < -0.39 is 0 Å². The molecule has 0 atom stereocenters. The molecule has 4 aromatic rings. The average molecular weight is 474 g/mol. The third kappa shape index (κ3) is 4.41. The SMILES string of the molecule is Cc1cccn2c(=O)cc(CSc3nnc(-c4ccc(C(C)(C)C)cc4)n3C3CCCC3)nc12. The molecule has 1 aliphatic rings. The lowest BCUT2D eigenvalue weighted by molar-refractivity contribution is 0.485. The lowest BCUT2D eigenvalue weighted by atomic mass is 9.86. The molecule has 0 saturated heterocycles. The summed E-state index contributed by atoms with van der Waals surface area (Å²) in [6.45, 7) is 8.66. The van der Waals surface area contributed by atoms with Gasteiger partial charge in [-0.25, -0.2) is 4.98 Å². The fourth-order valence-corrected chi connectivity index (χ4v) is 5.60. The Hall–Kier alpha value is -2.93. The van der Waals surface area contributed by atoms with E-state index in [4.69, 9.17) is 4.98 Å². The van der Waals surface area contributed by atoms with Gasteiger partial charge in [0.15, 0.2) is 11.0 Å². The molecule has 0 N–H and O–H groups in total. The first kappa shape index (κ1) is 22.8. The van der Waals surface area contributed by atoms with Gasteiger partial charge in [0.1, 0.15) is 5.65 Å². The van der Waals surface area contributed by atoms with Gasteiger partial charge in [0.05, 0.1) is 5.69 Å². The molecule has 1 saturated carbocycles. The number of benzene rings is 1. The number of hydrogen-bond acceptors (Lipinski definition) is 5. The van der Waals surface area contributed by atoms with Crippen molar-refractivity contribution in [3.8, 4) is 11.4 Å².